The highest BCUT2D eigenvalue weighted by Gasteiger charge is 2.46. The van der Waals surface area contributed by atoms with Gasteiger partial charge in [0.1, 0.15) is 0 Å². The second-order valence-electron chi connectivity index (χ2n) is 7.36. The molecule has 2 aliphatic heterocycles. The standard InChI is InChI=1S/C19H25N3O2/c1-15(2)22-13-19(9-18(22)23)12-21(7-8-24-14-19)11-17-5-3-16(10-20)4-6-17/h3-6,15H,7-9,11-14H2,1-2H3/t19-/m1/s1. The summed E-state index contributed by atoms with van der Waals surface area (Å²) in [6.07, 6.45) is 0.578. The molecule has 1 aromatic carbocycles. The summed E-state index contributed by atoms with van der Waals surface area (Å²) in [5.41, 5.74) is 1.78. The van der Waals surface area contributed by atoms with Crippen LogP contribution >= 0.6 is 0 Å². The maximum Gasteiger partial charge on any atom is 0.223 e. The van der Waals surface area contributed by atoms with Crippen molar-refractivity contribution in [1.29, 1.82) is 5.26 Å². The molecule has 1 spiro atoms. The van der Waals surface area contributed by atoms with E-state index < -0.39 is 0 Å². The molecule has 0 aromatic heterocycles. The first-order valence-electron chi connectivity index (χ1n) is 8.60. The van der Waals surface area contributed by atoms with Crippen LogP contribution in [-0.2, 0) is 16.1 Å². The van der Waals surface area contributed by atoms with Crippen LogP contribution in [0.15, 0.2) is 24.3 Å². The van der Waals surface area contributed by atoms with Crippen LogP contribution in [0.2, 0.25) is 0 Å². The molecule has 5 heteroatoms. The molecule has 2 aliphatic rings. The van der Waals surface area contributed by atoms with E-state index in [0.717, 1.165) is 26.2 Å². The van der Waals surface area contributed by atoms with Gasteiger partial charge in [-0.1, -0.05) is 12.1 Å². The highest BCUT2D eigenvalue weighted by atomic mass is 16.5. The Bertz CT molecular complexity index is 635. The average Bonchev–Trinajstić information content (AvgIpc) is 2.76. The molecule has 0 radical (unpaired) electrons. The van der Waals surface area contributed by atoms with Gasteiger partial charge in [-0.3, -0.25) is 9.69 Å². The number of benzene rings is 1. The second-order valence-corrected chi connectivity index (χ2v) is 7.36. The Labute approximate surface area is 143 Å². The molecule has 24 heavy (non-hydrogen) atoms. The highest BCUT2D eigenvalue weighted by molar-refractivity contribution is 5.79. The van der Waals surface area contributed by atoms with E-state index in [-0.39, 0.29) is 17.4 Å². The maximum atomic E-state index is 12.4. The molecular formula is C19H25N3O2. The minimum Gasteiger partial charge on any atom is -0.379 e. The number of rotatable bonds is 3. The van der Waals surface area contributed by atoms with Crippen LogP contribution < -0.4 is 0 Å². The molecule has 0 aliphatic carbocycles. The molecule has 2 fully saturated rings. The van der Waals surface area contributed by atoms with Gasteiger partial charge in [0.2, 0.25) is 5.91 Å². The van der Waals surface area contributed by atoms with Crippen LogP contribution in [0.4, 0.5) is 0 Å². The lowest BCUT2D eigenvalue weighted by molar-refractivity contribution is -0.129. The van der Waals surface area contributed by atoms with Crippen molar-refractivity contribution in [2.45, 2.75) is 32.9 Å². The summed E-state index contributed by atoms with van der Waals surface area (Å²) in [7, 11) is 0. The van der Waals surface area contributed by atoms with E-state index in [1.165, 1.54) is 5.56 Å². The summed E-state index contributed by atoms with van der Waals surface area (Å²) < 4.78 is 5.85. The summed E-state index contributed by atoms with van der Waals surface area (Å²) in [4.78, 5) is 16.7. The number of hydrogen-bond acceptors (Lipinski definition) is 4. The van der Waals surface area contributed by atoms with Crippen molar-refractivity contribution in [3.63, 3.8) is 0 Å². The number of ether oxygens (including phenoxy) is 1. The Hall–Kier alpha value is -1.90. The number of amides is 1. The Morgan fingerprint density at radius 2 is 2.04 bits per heavy atom. The molecule has 5 nitrogen and oxygen atoms in total. The van der Waals surface area contributed by atoms with Gasteiger partial charge in [-0.05, 0) is 31.5 Å². The molecule has 0 N–H and O–H groups in total. The smallest absolute Gasteiger partial charge is 0.223 e. The molecule has 128 valence electrons. The van der Waals surface area contributed by atoms with Crippen LogP contribution in [0.3, 0.4) is 0 Å². The average molecular weight is 327 g/mol. The van der Waals surface area contributed by atoms with Gasteiger partial charge in [0, 0.05) is 44.1 Å². The van der Waals surface area contributed by atoms with Crippen LogP contribution in [0.1, 0.15) is 31.4 Å². The van der Waals surface area contributed by atoms with Crippen LogP contribution in [-0.4, -0.2) is 54.6 Å². The van der Waals surface area contributed by atoms with Crippen molar-refractivity contribution in [2.75, 3.05) is 32.8 Å². The predicted octanol–water partition coefficient (Wildman–Crippen LogP) is 2.02. The number of carbonyl (C=O) groups excluding carboxylic acids is 1. The minimum atomic E-state index is -0.0928. The Morgan fingerprint density at radius 3 is 2.67 bits per heavy atom. The van der Waals surface area contributed by atoms with E-state index in [0.29, 0.717) is 25.2 Å². The Kier molecular flexibility index (Phi) is 4.88. The SMILES string of the molecule is CC(C)N1C[C@@]2(COCCN(Cc3ccc(C#N)cc3)C2)CC1=O. The Balaban J connectivity index is 1.71. The van der Waals surface area contributed by atoms with Gasteiger partial charge >= 0.3 is 0 Å². The highest BCUT2D eigenvalue weighted by Crippen LogP contribution is 2.35. The maximum absolute atomic E-state index is 12.4. The normalized spacial score (nSPS) is 25.2. The third kappa shape index (κ3) is 3.61. The van der Waals surface area contributed by atoms with Crippen molar-refractivity contribution in [2.24, 2.45) is 5.41 Å². The van der Waals surface area contributed by atoms with Crippen molar-refractivity contribution in [1.82, 2.24) is 9.80 Å². The summed E-state index contributed by atoms with van der Waals surface area (Å²) >= 11 is 0. The third-order valence-corrected chi connectivity index (χ3v) is 4.98. The van der Waals surface area contributed by atoms with Crippen molar-refractivity contribution < 1.29 is 9.53 Å². The van der Waals surface area contributed by atoms with Crippen molar-refractivity contribution in [3.05, 3.63) is 35.4 Å². The first-order chi connectivity index (χ1) is 11.5. The summed E-state index contributed by atoms with van der Waals surface area (Å²) in [5, 5.41) is 8.91. The largest absolute Gasteiger partial charge is 0.379 e. The fourth-order valence-corrected chi connectivity index (χ4v) is 3.76. The van der Waals surface area contributed by atoms with Crippen molar-refractivity contribution >= 4 is 5.91 Å². The number of nitriles is 1. The zero-order valence-corrected chi connectivity index (χ0v) is 14.5. The summed E-state index contributed by atoms with van der Waals surface area (Å²) in [5.74, 6) is 0.244. The lowest BCUT2D eigenvalue weighted by atomic mass is 9.87. The zero-order chi connectivity index (χ0) is 17.2. The fourth-order valence-electron chi connectivity index (χ4n) is 3.76. The lowest BCUT2D eigenvalue weighted by Crippen LogP contribution is -2.41. The molecule has 3 rings (SSSR count). The van der Waals surface area contributed by atoms with E-state index in [2.05, 4.69) is 24.8 Å². The Morgan fingerprint density at radius 1 is 1.29 bits per heavy atom. The topological polar surface area (TPSA) is 56.6 Å². The molecule has 1 aromatic rings. The van der Waals surface area contributed by atoms with E-state index in [1.54, 1.807) is 0 Å². The minimum absolute atomic E-state index is 0.0928. The first-order valence-corrected chi connectivity index (χ1v) is 8.60. The van der Waals surface area contributed by atoms with Crippen molar-refractivity contribution in [3.8, 4) is 6.07 Å². The van der Waals surface area contributed by atoms with Crippen LogP contribution in [0.25, 0.3) is 0 Å². The second kappa shape index (κ2) is 6.92. The molecule has 0 bridgehead atoms. The number of likely N-dealkylation sites (tertiary alicyclic amines) is 1. The molecule has 2 saturated heterocycles. The molecule has 2 heterocycles. The van der Waals surface area contributed by atoms with Gasteiger partial charge in [0.05, 0.1) is 24.8 Å². The van der Waals surface area contributed by atoms with E-state index in [4.69, 9.17) is 10.00 Å². The summed E-state index contributed by atoms with van der Waals surface area (Å²) in [6.45, 7) is 8.87. The monoisotopic (exact) mass is 327 g/mol. The van der Waals surface area contributed by atoms with Gasteiger partial charge in [0.15, 0.2) is 0 Å². The van der Waals surface area contributed by atoms with E-state index >= 15 is 0 Å². The molecule has 0 unspecified atom stereocenters. The van der Waals surface area contributed by atoms with Gasteiger partial charge < -0.3 is 9.64 Å². The molecule has 1 amide bonds. The van der Waals surface area contributed by atoms with Gasteiger partial charge in [-0.15, -0.1) is 0 Å². The lowest BCUT2D eigenvalue weighted by Gasteiger charge is -2.32. The molecular weight excluding hydrogens is 302 g/mol. The zero-order valence-electron chi connectivity index (χ0n) is 14.5. The molecule has 1 atom stereocenters. The predicted molar refractivity (Wildman–Crippen MR) is 91.2 cm³/mol. The number of carbonyl (C=O) groups is 1. The van der Waals surface area contributed by atoms with E-state index in [9.17, 15) is 4.79 Å². The fraction of sp³-hybridized carbons (Fsp3) is 0.579. The van der Waals surface area contributed by atoms with Gasteiger partial charge in [-0.25, -0.2) is 0 Å². The number of nitrogens with zero attached hydrogens (tertiary/aromatic N) is 3. The molecule has 0 saturated carbocycles. The van der Waals surface area contributed by atoms with E-state index in [1.807, 2.05) is 29.2 Å². The van der Waals surface area contributed by atoms with Gasteiger partial charge in [-0.2, -0.15) is 5.26 Å². The quantitative estimate of drug-likeness (QED) is 0.852. The van der Waals surface area contributed by atoms with Crippen LogP contribution in [0.5, 0.6) is 0 Å². The first kappa shape index (κ1) is 16.9. The third-order valence-electron chi connectivity index (χ3n) is 4.98. The summed E-state index contributed by atoms with van der Waals surface area (Å²) in [6, 6.07) is 10.1. The van der Waals surface area contributed by atoms with Crippen LogP contribution in [0, 0.1) is 16.7 Å². The van der Waals surface area contributed by atoms with Gasteiger partial charge in [0.25, 0.3) is 0 Å². The number of hydrogen-bond donors (Lipinski definition) is 0.